The van der Waals surface area contributed by atoms with E-state index >= 15 is 0 Å². The van der Waals surface area contributed by atoms with Gasteiger partial charge in [-0.2, -0.15) is 0 Å². The molecule has 10 nitrogen and oxygen atoms in total. The van der Waals surface area contributed by atoms with Gasteiger partial charge in [0.25, 0.3) is 5.91 Å². The van der Waals surface area contributed by atoms with Crippen molar-refractivity contribution in [1.82, 2.24) is 15.1 Å². The minimum Gasteiger partial charge on any atom is -0.493 e. The Hall–Kier alpha value is -2.40. The molecule has 0 aliphatic heterocycles. The first-order valence-corrected chi connectivity index (χ1v) is 13.3. The molecule has 0 spiro atoms. The van der Waals surface area contributed by atoms with Gasteiger partial charge < -0.3 is 30.9 Å². The molecule has 38 heavy (non-hydrogen) atoms. The number of para-hydroxylation sites is 1. The molecule has 0 aliphatic carbocycles. The second-order valence-corrected chi connectivity index (χ2v) is 10.8. The highest BCUT2D eigenvalue weighted by Gasteiger charge is 2.30. The van der Waals surface area contributed by atoms with Gasteiger partial charge >= 0.3 is 0 Å². The Balaban J connectivity index is 2.74. The summed E-state index contributed by atoms with van der Waals surface area (Å²) in [6.45, 7) is 9.69. The standard InChI is InChI=1S/C27H45ClN4O6/c1-18(2)20(15-22(29)23(34)16-30-26(36)27(4,5)31-19(3)33)17-32(28)25(35)21-11-7-8-12-24(21)38-14-10-9-13-37-6/h7-8,11-12,18,20,22-23,34H,9-10,13-17,29H2,1-6H3,(H,30,36)(H,31,33)/t20-,22+,23+/m1/s1. The van der Waals surface area contributed by atoms with Gasteiger partial charge in [-0.25, -0.2) is 0 Å². The molecule has 0 aliphatic rings. The smallest absolute Gasteiger partial charge is 0.271 e. The summed E-state index contributed by atoms with van der Waals surface area (Å²) in [5.74, 6) is -0.689. The molecular weight excluding hydrogens is 512 g/mol. The van der Waals surface area contributed by atoms with Crippen molar-refractivity contribution in [2.45, 2.75) is 71.6 Å². The molecule has 0 aromatic heterocycles. The number of rotatable bonds is 17. The molecule has 5 N–H and O–H groups in total. The van der Waals surface area contributed by atoms with Crippen LogP contribution in [0.4, 0.5) is 0 Å². The fourth-order valence-corrected chi connectivity index (χ4v) is 4.12. The molecule has 1 aromatic carbocycles. The van der Waals surface area contributed by atoms with E-state index in [0.717, 1.165) is 17.3 Å². The van der Waals surface area contributed by atoms with Crippen LogP contribution in [0.25, 0.3) is 0 Å². The molecule has 0 saturated carbocycles. The van der Waals surface area contributed by atoms with E-state index in [4.69, 9.17) is 27.0 Å². The van der Waals surface area contributed by atoms with Gasteiger partial charge in [0.15, 0.2) is 0 Å². The fourth-order valence-electron chi connectivity index (χ4n) is 3.85. The Morgan fingerprint density at radius 1 is 1.16 bits per heavy atom. The van der Waals surface area contributed by atoms with Crippen LogP contribution in [0.1, 0.15) is 64.2 Å². The first-order valence-electron chi connectivity index (χ1n) is 13.0. The molecule has 0 fully saturated rings. The molecule has 3 atom stereocenters. The lowest BCUT2D eigenvalue weighted by molar-refractivity contribution is -0.131. The predicted molar refractivity (Wildman–Crippen MR) is 148 cm³/mol. The molecule has 0 bridgehead atoms. The number of aliphatic hydroxyl groups excluding tert-OH is 1. The Kier molecular flexibility index (Phi) is 14.6. The number of carbonyl (C=O) groups excluding carboxylic acids is 3. The quantitative estimate of drug-likeness (QED) is 0.170. The number of nitrogens with one attached hydrogen (secondary N) is 2. The lowest BCUT2D eigenvalue weighted by atomic mass is 9.87. The number of nitrogens with zero attached hydrogens (tertiary/aromatic N) is 1. The number of aliphatic hydroxyl groups is 1. The van der Waals surface area contributed by atoms with Crippen LogP contribution in [0.15, 0.2) is 24.3 Å². The number of unbranched alkanes of at least 4 members (excludes halogenated alkanes) is 1. The highest BCUT2D eigenvalue weighted by atomic mass is 35.5. The van der Waals surface area contributed by atoms with E-state index in [-0.39, 0.29) is 36.7 Å². The van der Waals surface area contributed by atoms with E-state index in [9.17, 15) is 19.5 Å². The first-order chi connectivity index (χ1) is 17.8. The number of amides is 3. The largest absolute Gasteiger partial charge is 0.493 e. The Bertz CT molecular complexity index is 898. The topological polar surface area (TPSA) is 143 Å². The summed E-state index contributed by atoms with van der Waals surface area (Å²) >= 11 is 6.45. The number of ether oxygens (including phenoxy) is 2. The van der Waals surface area contributed by atoms with Gasteiger partial charge in [-0.15, -0.1) is 0 Å². The lowest BCUT2D eigenvalue weighted by Crippen LogP contribution is -2.56. The van der Waals surface area contributed by atoms with Crippen molar-refractivity contribution < 1.29 is 29.0 Å². The average Bonchev–Trinajstić information content (AvgIpc) is 2.85. The Labute approximate surface area is 231 Å². The third kappa shape index (κ3) is 11.6. The Morgan fingerprint density at radius 2 is 1.79 bits per heavy atom. The van der Waals surface area contributed by atoms with E-state index in [1.807, 2.05) is 13.8 Å². The van der Waals surface area contributed by atoms with Crippen molar-refractivity contribution in [3.63, 3.8) is 0 Å². The second kappa shape index (κ2) is 16.5. The third-order valence-corrected chi connectivity index (χ3v) is 6.56. The molecule has 3 amide bonds. The summed E-state index contributed by atoms with van der Waals surface area (Å²) in [6.07, 6.45) is 0.993. The minimum absolute atomic E-state index is 0.0769. The third-order valence-electron chi connectivity index (χ3n) is 6.27. The molecular formula is C27H45ClN4O6. The first kappa shape index (κ1) is 33.6. The molecule has 0 radical (unpaired) electrons. The van der Waals surface area contributed by atoms with Gasteiger partial charge in [-0.05, 0) is 57.1 Å². The maximum absolute atomic E-state index is 13.2. The number of halogens is 1. The van der Waals surface area contributed by atoms with Gasteiger partial charge in [0.05, 0.1) is 18.3 Å². The summed E-state index contributed by atoms with van der Waals surface area (Å²) < 4.78 is 12.0. The molecule has 216 valence electrons. The average molecular weight is 557 g/mol. The van der Waals surface area contributed by atoms with Crippen molar-refractivity contribution in [2.24, 2.45) is 17.6 Å². The highest BCUT2D eigenvalue weighted by Crippen LogP contribution is 2.25. The molecule has 1 rings (SSSR count). The van der Waals surface area contributed by atoms with Gasteiger partial charge in [0, 0.05) is 51.5 Å². The van der Waals surface area contributed by atoms with Crippen molar-refractivity contribution in [3.05, 3.63) is 29.8 Å². The normalized spacial score (nSPS) is 13.9. The van der Waals surface area contributed by atoms with Crippen molar-refractivity contribution in [1.29, 1.82) is 0 Å². The summed E-state index contributed by atoms with van der Waals surface area (Å²) in [5.41, 5.74) is 5.50. The SMILES string of the molecule is COCCCCOc1ccccc1C(=O)N(Cl)C[C@@H](C[C@H](N)[C@@H](O)CNC(=O)C(C)(C)NC(C)=O)C(C)C. The van der Waals surface area contributed by atoms with Crippen LogP contribution in [0.3, 0.4) is 0 Å². The molecule has 1 aromatic rings. The zero-order valence-electron chi connectivity index (χ0n) is 23.5. The minimum atomic E-state index is -1.13. The van der Waals surface area contributed by atoms with Crippen LogP contribution in [0, 0.1) is 11.8 Å². The van der Waals surface area contributed by atoms with Gasteiger partial charge in [-0.1, -0.05) is 26.0 Å². The number of hydrogen-bond donors (Lipinski definition) is 4. The maximum atomic E-state index is 13.2. The van der Waals surface area contributed by atoms with E-state index in [0.29, 0.717) is 30.9 Å². The van der Waals surface area contributed by atoms with Crippen LogP contribution >= 0.6 is 11.8 Å². The number of methoxy groups -OCH3 is 1. The van der Waals surface area contributed by atoms with E-state index < -0.39 is 23.6 Å². The summed E-state index contributed by atoms with van der Waals surface area (Å²) in [4.78, 5) is 36.9. The number of nitrogens with two attached hydrogens (primary N) is 1. The predicted octanol–water partition coefficient (Wildman–Crippen LogP) is 2.47. The zero-order valence-corrected chi connectivity index (χ0v) is 24.2. The van der Waals surface area contributed by atoms with Crippen LogP contribution in [-0.2, 0) is 14.3 Å². The van der Waals surface area contributed by atoms with Crippen LogP contribution in [0.2, 0.25) is 0 Å². The van der Waals surface area contributed by atoms with Crippen molar-refractivity contribution >= 4 is 29.5 Å². The van der Waals surface area contributed by atoms with Crippen LogP contribution < -0.4 is 21.1 Å². The zero-order chi connectivity index (χ0) is 28.9. The summed E-state index contributed by atoms with van der Waals surface area (Å²) in [5, 5.41) is 15.8. The maximum Gasteiger partial charge on any atom is 0.271 e. The monoisotopic (exact) mass is 556 g/mol. The fraction of sp³-hybridized carbons (Fsp3) is 0.667. The van der Waals surface area contributed by atoms with E-state index in [1.54, 1.807) is 45.2 Å². The van der Waals surface area contributed by atoms with Crippen molar-refractivity contribution in [3.8, 4) is 5.75 Å². The van der Waals surface area contributed by atoms with Crippen molar-refractivity contribution in [2.75, 3.05) is 33.4 Å². The lowest BCUT2D eigenvalue weighted by Gasteiger charge is -2.30. The van der Waals surface area contributed by atoms with Gasteiger partial charge in [-0.3, -0.25) is 18.8 Å². The number of hydrogen-bond acceptors (Lipinski definition) is 7. The number of carbonyl (C=O) groups is 3. The Morgan fingerprint density at radius 3 is 2.39 bits per heavy atom. The summed E-state index contributed by atoms with van der Waals surface area (Å²) in [6, 6.07) is 6.29. The number of benzene rings is 1. The van der Waals surface area contributed by atoms with E-state index in [2.05, 4.69) is 10.6 Å². The molecule has 11 heteroatoms. The van der Waals surface area contributed by atoms with Gasteiger partial charge in [0.1, 0.15) is 11.3 Å². The molecule has 0 saturated heterocycles. The molecule has 0 heterocycles. The molecule has 0 unspecified atom stereocenters. The van der Waals surface area contributed by atoms with E-state index in [1.165, 1.54) is 6.92 Å². The van der Waals surface area contributed by atoms with Gasteiger partial charge in [0.2, 0.25) is 11.8 Å². The van der Waals surface area contributed by atoms with Crippen LogP contribution in [0.5, 0.6) is 5.75 Å². The summed E-state index contributed by atoms with van der Waals surface area (Å²) in [7, 11) is 1.65. The highest BCUT2D eigenvalue weighted by molar-refractivity contribution is 6.24. The van der Waals surface area contributed by atoms with Crippen LogP contribution in [-0.4, -0.2) is 78.3 Å². The second-order valence-electron chi connectivity index (χ2n) is 10.4.